The molecule has 2 nitrogen and oxygen atoms in total. The van der Waals surface area contributed by atoms with Gasteiger partial charge in [-0.15, -0.1) is 6.42 Å². The van der Waals surface area contributed by atoms with Crippen LogP contribution in [0.3, 0.4) is 0 Å². The molecule has 0 N–H and O–H groups in total. The van der Waals surface area contributed by atoms with Crippen molar-refractivity contribution >= 4 is 0 Å². The second-order valence-electron chi connectivity index (χ2n) is 2.01. The summed E-state index contributed by atoms with van der Waals surface area (Å²) in [6.45, 7) is 0. The highest BCUT2D eigenvalue weighted by molar-refractivity contribution is 5.34. The van der Waals surface area contributed by atoms with Crippen LogP contribution < -0.4 is 0 Å². The quantitative estimate of drug-likeness (QED) is 0.561. The van der Waals surface area contributed by atoms with Gasteiger partial charge in [0.25, 0.3) is 6.43 Å². The van der Waals surface area contributed by atoms with Gasteiger partial charge in [0.05, 0.1) is 11.8 Å². The van der Waals surface area contributed by atoms with Crippen LogP contribution in [0.4, 0.5) is 8.78 Å². The fourth-order valence-electron chi connectivity index (χ4n) is 0.817. The number of alkyl halides is 2. The molecule has 11 heavy (non-hydrogen) atoms. The first kappa shape index (κ1) is 7.73. The Morgan fingerprint density at radius 1 is 1.73 bits per heavy atom. The van der Waals surface area contributed by atoms with Gasteiger partial charge in [0.2, 0.25) is 0 Å². The van der Waals surface area contributed by atoms with E-state index in [4.69, 9.17) is 6.42 Å². The van der Waals surface area contributed by atoms with Gasteiger partial charge in [0.15, 0.2) is 0 Å². The summed E-state index contributed by atoms with van der Waals surface area (Å²) >= 11 is 0. The molecule has 0 aliphatic heterocycles. The van der Waals surface area contributed by atoms with E-state index in [-0.39, 0.29) is 11.3 Å². The van der Waals surface area contributed by atoms with Crippen LogP contribution in [0.15, 0.2) is 6.20 Å². The Bertz CT molecular complexity index is 296. The maximum atomic E-state index is 12.2. The van der Waals surface area contributed by atoms with Crippen molar-refractivity contribution in [2.24, 2.45) is 7.05 Å². The molecule has 0 atom stereocenters. The lowest BCUT2D eigenvalue weighted by molar-refractivity contribution is 0.140. The number of aryl methyl sites for hydroxylation is 1. The molecule has 0 saturated heterocycles. The fraction of sp³-hybridized carbons (Fsp3) is 0.286. The summed E-state index contributed by atoms with van der Waals surface area (Å²) in [6.07, 6.45) is 3.66. The third kappa shape index (κ3) is 1.22. The Morgan fingerprint density at radius 3 is 2.73 bits per heavy atom. The summed E-state index contributed by atoms with van der Waals surface area (Å²) in [4.78, 5) is 0. The fourth-order valence-corrected chi connectivity index (χ4v) is 0.817. The van der Waals surface area contributed by atoms with Gasteiger partial charge in [0, 0.05) is 7.05 Å². The minimum Gasteiger partial charge on any atom is -0.266 e. The molecule has 0 fully saturated rings. The molecular formula is C7H6F2N2. The first-order chi connectivity index (χ1) is 5.16. The molecule has 0 aromatic carbocycles. The molecule has 0 unspecified atom stereocenters. The minimum absolute atomic E-state index is 0.155. The van der Waals surface area contributed by atoms with Crippen LogP contribution in [0.1, 0.15) is 17.7 Å². The lowest BCUT2D eigenvalue weighted by atomic mass is 10.2. The van der Waals surface area contributed by atoms with Crippen LogP contribution in [-0.2, 0) is 7.05 Å². The third-order valence-electron chi connectivity index (χ3n) is 1.35. The van der Waals surface area contributed by atoms with Crippen LogP contribution >= 0.6 is 0 Å². The molecule has 4 heteroatoms. The Morgan fingerprint density at radius 2 is 2.36 bits per heavy atom. The standard InChI is InChI=1S/C7H6F2N2/c1-3-5-4-10-11(2)6(5)7(8)9/h1,4,7H,2H3. The number of hydrogen-bond donors (Lipinski definition) is 0. The maximum absolute atomic E-state index is 12.2. The Hall–Kier alpha value is -1.37. The van der Waals surface area contributed by atoms with Crippen molar-refractivity contribution in [3.05, 3.63) is 17.5 Å². The molecule has 1 heterocycles. The van der Waals surface area contributed by atoms with E-state index in [0.717, 1.165) is 4.68 Å². The first-order valence-electron chi connectivity index (χ1n) is 2.93. The van der Waals surface area contributed by atoms with Crippen LogP contribution in [0, 0.1) is 12.3 Å². The van der Waals surface area contributed by atoms with Gasteiger partial charge in [-0.25, -0.2) is 8.78 Å². The predicted molar refractivity (Wildman–Crippen MR) is 36.1 cm³/mol. The highest BCUT2D eigenvalue weighted by Crippen LogP contribution is 2.20. The van der Waals surface area contributed by atoms with Gasteiger partial charge in [-0.3, -0.25) is 4.68 Å². The molecule has 0 bridgehead atoms. The van der Waals surface area contributed by atoms with Gasteiger partial charge in [-0.1, -0.05) is 5.92 Å². The van der Waals surface area contributed by atoms with Crippen LogP contribution in [0.5, 0.6) is 0 Å². The van der Waals surface area contributed by atoms with Gasteiger partial charge in [-0.05, 0) is 0 Å². The summed E-state index contributed by atoms with van der Waals surface area (Å²) < 4.78 is 25.4. The molecule has 58 valence electrons. The molecule has 0 amide bonds. The van der Waals surface area contributed by atoms with Crippen molar-refractivity contribution in [2.75, 3.05) is 0 Å². The lowest BCUT2D eigenvalue weighted by Crippen LogP contribution is -1.99. The zero-order valence-electron chi connectivity index (χ0n) is 5.88. The number of rotatable bonds is 1. The van der Waals surface area contributed by atoms with E-state index in [2.05, 4.69) is 11.0 Å². The molecule has 0 radical (unpaired) electrons. The molecule has 1 rings (SSSR count). The Kier molecular flexibility index (Phi) is 1.90. The molecule has 1 aromatic rings. The molecule has 0 saturated carbocycles. The third-order valence-corrected chi connectivity index (χ3v) is 1.35. The summed E-state index contributed by atoms with van der Waals surface area (Å²) in [5.41, 5.74) is -0.0463. The monoisotopic (exact) mass is 156 g/mol. The largest absolute Gasteiger partial charge is 0.281 e. The van der Waals surface area contributed by atoms with Crippen molar-refractivity contribution in [2.45, 2.75) is 6.43 Å². The summed E-state index contributed by atoms with van der Waals surface area (Å²) in [5.74, 6) is 2.13. The van der Waals surface area contributed by atoms with Crippen LogP contribution in [0.2, 0.25) is 0 Å². The topological polar surface area (TPSA) is 17.8 Å². The summed E-state index contributed by atoms with van der Waals surface area (Å²) in [5, 5.41) is 3.60. The normalized spacial score (nSPS) is 10.1. The van der Waals surface area contributed by atoms with Gasteiger partial charge in [0.1, 0.15) is 5.69 Å². The Balaban J connectivity index is 3.21. The minimum atomic E-state index is -2.56. The molecule has 0 aliphatic carbocycles. The van der Waals surface area contributed by atoms with E-state index in [0.29, 0.717) is 0 Å². The predicted octanol–water partition coefficient (Wildman–Crippen LogP) is 1.34. The summed E-state index contributed by atoms with van der Waals surface area (Å²) in [7, 11) is 1.43. The number of terminal acetylenes is 1. The molecule has 0 spiro atoms. The number of aromatic nitrogens is 2. The van der Waals surface area contributed by atoms with E-state index < -0.39 is 6.43 Å². The van der Waals surface area contributed by atoms with Gasteiger partial charge in [-0.2, -0.15) is 5.10 Å². The van der Waals surface area contributed by atoms with E-state index in [1.807, 2.05) is 0 Å². The van der Waals surface area contributed by atoms with Gasteiger partial charge >= 0.3 is 0 Å². The highest BCUT2D eigenvalue weighted by Gasteiger charge is 2.16. The molecule has 0 aliphatic rings. The summed E-state index contributed by atoms with van der Waals surface area (Å²) in [6, 6.07) is 0. The average Bonchev–Trinajstić information content (AvgIpc) is 2.30. The van der Waals surface area contributed by atoms with Crippen molar-refractivity contribution in [1.82, 2.24) is 9.78 Å². The average molecular weight is 156 g/mol. The molecule has 1 aromatic heterocycles. The van der Waals surface area contributed by atoms with E-state index >= 15 is 0 Å². The second kappa shape index (κ2) is 2.70. The van der Waals surface area contributed by atoms with Crippen molar-refractivity contribution in [3.8, 4) is 12.3 Å². The maximum Gasteiger partial charge on any atom is 0.281 e. The molecular weight excluding hydrogens is 150 g/mol. The highest BCUT2D eigenvalue weighted by atomic mass is 19.3. The smallest absolute Gasteiger partial charge is 0.266 e. The van der Waals surface area contributed by atoms with Crippen LogP contribution in [-0.4, -0.2) is 9.78 Å². The van der Waals surface area contributed by atoms with Crippen molar-refractivity contribution < 1.29 is 8.78 Å². The van der Waals surface area contributed by atoms with E-state index in [1.165, 1.54) is 13.2 Å². The second-order valence-corrected chi connectivity index (χ2v) is 2.01. The van der Waals surface area contributed by atoms with Crippen LogP contribution in [0.25, 0.3) is 0 Å². The van der Waals surface area contributed by atoms with E-state index in [9.17, 15) is 8.78 Å². The van der Waals surface area contributed by atoms with Crippen molar-refractivity contribution in [1.29, 1.82) is 0 Å². The van der Waals surface area contributed by atoms with Gasteiger partial charge < -0.3 is 0 Å². The number of nitrogens with zero attached hydrogens (tertiary/aromatic N) is 2. The zero-order valence-corrected chi connectivity index (χ0v) is 5.88. The SMILES string of the molecule is C#Cc1cnn(C)c1C(F)F. The number of halogens is 2. The number of hydrogen-bond acceptors (Lipinski definition) is 1. The Labute approximate surface area is 62.8 Å². The van der Waals surface area contributed by atoms with Crippen molar-refractivity contribution in [3.63, 3.8) is 0 Å². The first-order valence-corrected chi connectivity index (χ1v) is 2.93. The lowest BCUT2D eigenvalue weighted by Gasteiger charge is -1.99. The van der Waals surface area contributed by atoms with E-state index in [1.54, 1.807) is 0 Å². The zero-order chi connectivity index (χ0) is 8.43.